The molecule has 0 radical (unpaired) electrons. The van der Waals surface area contributed by atoms with Crippen molar-refractivity contribution >= 4 is 23.5 Å². The van der Waals surface area contributed by atoms with Crippen molar-refractivity contribution in [1.29, 1.82) is 0 Å². The van der Waals surface area contributed by atoms with Crippen molar-refractivity contribution in [3.05, 3.63) is 93.8 Å². The number of aromatic nitrogens is 2. The van der Waals surface area contributed by atoms with Crippen molar-refractivity contribution in [2.45, 2.75) is 31.0 Å². The molecule has 164 valence electrons. The number of fused-ring (bicyclic) bond motifs is 1. The van der Waals surface area contributed by atoms with Crippen molar-refractivity contribution in [3.8, 4) is 5.75 Å². The molecule has 1 aromatic heterocycles. The number of benzene rings is 2. The minimum atomic E-state index is -0.352. The molecule has 1 amide bonds. The fourth-order valence-electron chi connectivity index (χ4n) is 3.73. The molecule has 2 aromatic carbocycles. The van der Waals surface area contributed by atoms with Crippen molar-refractivity contribution in [1.82, 2.24) is 9.55 Å². The van der Waals surface area contributed by atoms with Crippen LogP contribution in [-0.4, -0.2) is 21.2 Å². The highest BCUT2D eigenvalue weighted by molar-refractivity contribution is 7.99. The van der Waals surface area contributed by atoms with E-state index in [9.17, 15) is 9.59 Å². The Balaban J connectivity index is 1.58. The molecule has 0 spiro atoms. The zero-order chi connectivity index (χ0) is 22.7. The molecule has 1 aliphatic rings. The highest BCUT2D eigenvalue weighted by Gasteiger charge is 2.32. The lowest BCUT2D eigenvalue weighted by atomic mass is 9.87. The number of thioether (sulfide) groups is 1. The maximum Gasteiger partial charge on any atom is 0.279 e. The normalized spacial score (nSPS) is 15.1. The van der Waals surface area contributed by atoms with E-state index in [1.807, 2.05) is 36.4 Å². The van der Waals surface area contributed by atoms with Gasteiger partial charge in [-0.25, -0.2) is 0 Å². The topological polar surface area (TPSA) is 73.2 Å². The van der Waals surface area contributed by atoms with Crippen LogP contribution in [0.2, 0.25) is 0 Å². The SMILES string of the molecule is C=CCSc1nc(=O)c2c(n1C)NC(=O)C[C@@H]2c1ccc(OCc2ccc(C)cc2)cc1. The highest BCUT2D eigenvalue weighted by Crippen LogP contribution is 2.36. The Bertz CT molecular complexity index is 1200. The summed E-state index contributed by atoms with van der Waals surface area (Å²) in [4.78, 5) is 29.6. The number of hydrogen-bond acceptors (Lipinski definition) is 5. The number of aryl methyl sites for hydroxylation is 1. The molecule has 2 heterocycles. The number of amides is 1. The summed E-state index contributed by atoms with van der Waals surface area (Å²) >= 11 is 1.40. The van der Waals surface area contributed by atoms with Gasteiger partial charge < -0.3 is 14.6 Å². The molecular weight excluding hydrogens is 422 g/mol. The van der Waals surface area contributed by atoms with E-state index in [1.165, 1.54) is 17.3 Å². The van der Waals surface area contributed by atoms with E-state index < -0.39 is 0 Å². The molecule has 6 nitrogen and oxygen atoms in total. The van der Waals surface area contributed by atoms with Crippen molar-refractivity contribution in [2.24, 2.45) is 7.05 Å². The predicted octanol–water partition coefficient (Wildman–Crippen LogP) is 4.42. The number of carbonyl (C=O) groups excluding carboxylic acids is 1. The summed E-state index contributed by atoms with van der Waals surface area (Å²) in [6.45, 7) is 6.23. The number of carbonyl (C=O) groups is 1. The summed E-state index contributed by atoms with van der Waals surface area (Å²) in [5.41, 5.74) is 3.39. The van der Waals surface area contributed by atoms with E-state index in [-0.39, 0.29) is 23.8 Å². The molecule has 0 bridgehead atoms. The number of ether oxygens (including phenoxy) is 1. The summed E-state index contributed by atoms with van der Waals surface area (Å²) in [6, 6.07) is 15.8. The average molecular weight is 448 g/mol. The van der Waals surface area contributed by atoms with Crippen LogP contribution in [0.1, 0.15) is 34.6 Å². The molecule has 0 unspecified atom stereocenters. The van der Waals surface area contributed by atoms with Gasteiger partial charge in [-0.3, -0.25) is 9.59 Å². The molecule has 1 atom stereocenters. The number of anilines is 1. The lowest BCUT2D eigenvalue weighted by Crippen LogP contribution is -2.33. The van der Waals surface area contributed by atoms with Gasteiger partial charge >= 0.3 is 0 Å². The van der Waals surface area contributed by atoms with Crippen LogP contribution in [0.3, 0.4) is 0 Å². The average Bonchev–Trinajstić information content (AvgIpc) is 2.80. The molecule has 0 saturated heterocycles. The maximum absolute atomic E-state index is 12.9. The van der Waals surface area contributed by atoms with Crippen LogP contribution in [0.25, 0.3) is 0 Å². The lowest BCUT2D eigenvalue weighted by Gasteiger charge is -2.27. The van der Waals surface area contributed by atoms with E-state index in [1.54, 1.807) is 17.7 Å². The number of nitrogens with zero attached hydrogens (tertiary/aromatic N) is 2. The molecule has 1 N–H and O–H groups in total. The Morgan fingerprint density at radius 2 is 1.91 bits per heavy atom. The van der Waals surface area contributed by atoms with Crippen LogP contribution in [0.4, 0.5) is 5.82 Å². The van der Waals surface area contributed by atoms with E-state index in [4.69, 9.17) is 4.74 Å². The van der Waals surface area contributed by atoms with Gasteiger partial charge in [0.2, 0.25) is 5.91 Å². The van der Waals surface area contributed by atoms with Gasteiger partial charge in [0, 0.05) is 25.1 Å². The van der Waals surface area contributed by atoms with Gasteiger partial charge in [0.05, 0.1) is 5.56 Å². The summed E-state index contributed by atoms with van der Waals surface area (Å²) < 4.78 is 7.66. The first kappa shape index (κ1) is 21.9. The molecule has 1 aliphatic heterocycles. The monoisotopic (exact) mass is 447 g/mol. The fraction of sp³-hybridized carbons (Fsp3) is 0.240. The van der Waals surface area contributed by atoms with E-state index >= 15 is 0 Å². The minimum Gasteiger partial charge on any atom is -0.489 e. The first-order valence-electron chi connectivity index (χ1n) is 10.4. The van der Waals surface area contributed by atoms with Gasteiger partial charge in [-0.2, -0.15) is 4.98 Å². The Labute approximate surface area is 191 Å². The third-order valence-electron chi connectivity index (χ3n) is 5.44. The highest BCUT2D eigenvalue weighted by atomic mass is 32.2. The summed E-state index contributed by atoms with van der Waals surface area (Å²) in [7, 11) is 1.81. The Hall–Kier alpha value is -3.32. The van der Waals surface area contributed by atoms with Crippen LogP contribution in [-0.2, 0) is 18.4 Å². The molecule has 0 aliphatic carbocycles. The van der Waals surface area contributed by atoms with Gasteiger partial charge in [-0.05, 0) is 30.2 Å². The van der Waals surface area contributed by atoms with Crippen LogP contribution in [0.15, 0.2) is 71.1 Å². The zero-order valence-electron chi connectivity index (χ0n) is 18.1. The Kier molecular flexibility index (Phi) is 6.46. The van der Waals surface area contributed by atoms with Crippen LogP contribution in [0.5, 0.6) is 5.75 Å². The molecule has 0 saturated carbocycles. The molecular formula is C25H25N3O3S. The molecule has 7 heteroatoms. The van der Waals surface area contributed by atoms with Gasteiger partial charge in [-0.1, -0.05) is 59.8 Å². The summed E-state index contributed by atoms with van der Waals surface area (Å²) in [5.74, 6) is 1.40. The number of hydrogen-bond donors (Lipinski definition) is 1. The van der Waals surface area contributed by atoms with Gasteiger partial charge in [0.25, 0.3) is 5.56 Å². The van der Waals surface area contributed by atoms with E-state index in [2.05, 4.69) is 35.9 Å². The quantitative estimate of drug-likeness (QED) is 0.330. The van der Waals surface area contributed by atoms with E-state index in [0.29, 0.717) is 28.9 Å². The molecule has 4 rings (SSSR count). The third-order valence-corrected chi connectivity index (χ3v) is 6.47. The lowest BCUT2D eigenvalue weighted by molar-refractivity contribution is -0.116. The van der Waals surface area contributed by atoms with Crippen LogP contribution in [0, 0.1) is 6.92 Å². The van der Waals surface area contributed by atoms with Crippen LogP contribution < -0.4 is 15.6 Å². The summed E-state index contributed by atoms with van der Waals surface area (Å²) in [5, 5.41) is 3.41. The Morgan fingerprint density at radius 1 is 1.19 bits per heavy atom. The standard InChI is InChI=1S/C25H25N3O3S/c1-4-13-32-25-27-24(30)22-20(14-21(29)26-23(22)28(25)3)18-9-11-19(12-10-18)31-15-17-7-5-16(2)6-8-17/h4-12,20H,1,13-15H2,2-3H3,(H,26,29)/t20-/m1/s1. The molecule has 3 aromatic rings. The second-order valence-electron chi connectivity index (χ2n) is 7.77. The van der Waals surface area contributed by atoms with Gasteiger partial charge in [0.15, 0.2) is 5.16 Å². The van der Waals surface area contributed by atoms with Gasteiger partial charge in [0.1, 0.15) is 18.2 Å². The fourth-order valence-corrected chi connectivity index (χ4v) is 4.43. The van der Waals surface area contributed by atoms with Gasteiger partial charge in [-0.15, -0.1) is 6.58 Å². The number of rotatable bonds is 7. The van der Waals surface area contributed by atoms with Crippen LogP contribution >= 0.6 is 11.8 Å². The zero-order valence-corrected chi connectivity index (χ0v) is 18.9. The second-order valence-corrected chi connectivity index (χ2v) is 8.76. The largest absolute Gasteiger partial charge is 0.489 e. The minimum absolute atomic E-state index is 0.122. The smallest absolute Gasteiger partial charge is 0.279 e. The van der Waals surface area contributed by atoms with Crippen molar-refractivity contribution in [2.75, 3.05) is 11.1 Å². The van der Waals surface area contributed by atoms with Crippen molar-refractivity contribution < 1.29 is 9.53 Å². The maximum atomic E-state index is 12.9. The third kappa shape index (κ3) is 4.62. The predicted molar refractivity (Wildman–Crippen MR) is 127 cm³/mol. The first-order valence-corrected chi connectivity index (χ1v) is 11.4. The number of nitrogens with one attached hydrogen (secondary N) is 1. The Morgan fingerprint density at radius 3 is 2.59 bits per heavy atom. The summed E-state index contributed by atoms with van der Waals surface area (Å²) in [6.07, 6.45) is 1.95. The van der Waals surface area contributed by atoms with Crippen molar-refractivity contribution in [3.63, 3.8) is 0 Å². The molecule has 0 fully saturated rings. The second kappa shape index (κ2) is 9.44. The first-order chi connectivity index (χ1) is 15.5. The molecule has 32 heavy (non-hydrogen) atoms. The van der Waals surface area contributed by atoms with E-state index in [0.717, 1.165) is 16.9 Å².